The molecule has 1 aromatic heterocycles. The van der Waals surface area contributed by atoms with Crippen LogP contribution in [-0.4, -0.2) is 51.3 Å². The normalized spacial score (nSPS) is 15.9. The SMILES string of the molecule is CCOC(=S)c1cnc(CCC2CCN(C(=O)OC(C)(C)C)CC2)[nH]1. The summed E-state index contributed by atoms with van der Waals surface area (Å²) < 4.78 is 10.7. The summed E-state index contributed by atoms with van der Waals surface area (Å²) in [5.41, 5.74) is 0.332. The molecule has 2 heterocycles. The maximum absolute atomic E-state index is 12.1. The van der Waals surface area contributed by atoms with Crippen molar-refractivity contribution in [1.29, 1.82) is 0 Å². The van der Waals surface area contributed by atoms with Gasteiger partial charge in [-0.2, -0.15) is 0 Å². The Balaban J connectivity index is 1.74. The van der Waals surface area contributed by atoms with Crippen molar-refractivity contribution >= 4 is 23.4 Å². The molecule has 1 aliphatic heterocycles. The zero-order valence-corrected chi connectivity index (χ0v) is 16.4. The van der Waals surface area contributed by atoms with E-state index in [1.54, 1.807) is 6.20 Å². The standard InChI is InChI=1S/C18H29N3O3S/c1-5-23-16(25)14-12-19-15(20-14)7-6-13-8-10-21(11-9-13)17(22)24-18(2,3)4/h12-13H,5-11H2,1-4H3,(H,19,20). The minimum atomic E-state index is -0.438. The number of likely N-dealkylation sites (tertiary alicyclic amines) is 1. The Labute approximate surface area is 155 Å². The third kappa shape index (κ3) is 6.30. The molecule has 1 amide bonds. The smallest absolute Gasteiger partial charge is 0.410 e. The van der Waals surface area contributed by atoms with Crippen LogP contribution in [0.2, 0.25) is 0 Å². The van der Waals surface area contributed by atoms with E-state index in [0.29, 0.717) is 17.6 Å². The number of hydrogen-bond donors (Lipinski definition) is 1. The highest BCUT2D eigenvalue weighted by molar-refractivity contribution is 7.80. The van der Waals surface area contributed by atoms with Crippen LogP contribution >= 0.6 is 12.2 Å². The summed E-state index contributed by atoms with van der Waals surface area (Å²) in [6, 6.07) is 0. The van der Waals surface area contributed by atoms with Crippen LogP contribution in [0.15, 0.2) is 6.20 Å². The topological polar surface area (TPSA) is 67.4 Å². The van der Waals surface area contributed by atoms with Crippen molar-refractivity contribution in [2.24, 2.45) is 5.92 Å². The van der Waals surface area contributed by atoms with Gasteiger partial charge < -0.3 is 19.4 Å². The van der Waals surface area contributed by atoms with Crippen LogP contribution in [0.1, 0.15) is 58.5 Å². The molecule has 140 valence electrons. The fraction of sp³-hybridized carbons (Fsp3) is 0.722. The average molecular weight is 368 g/mol. The largest absolute Gasteiger partial charge is 0.482 e. The van der Waals surface area contributed by atoms with E-state index >= 15 is 0 Å². The van der Waals surface area contributed by atoms with Gasteiger partial charge in [-0.1, -0.05) is 0 Å². The van der Waals surface area contributed by atoms with Gasteiger partial charge in [-0.05, 0) is 65.1 Å². The van der Waals surface area contributed by atoms with E-state index in [4.69, 9.17) is 21.7 Å². The van der Waals surface area contributed by atoms with E-state index in [-0.39, 0.29) is 6.09 Å². The van der Waals surface area contributed by atoms with Gasteiger partial charge in [0.05, 0.1) is 12.8 Å². The molecule has 0 radical (unpaired) electrons. The predicted octanol–water partition coefficient (Wildman–Crippen LogP) is 3.70. The minimum Gasteiger partial charge on any atom is -0.482 e. The Morgan fingerprint density at radius 1 is 1.40 bits per heavy atom. The quantitative estimate of drug-likeness (QED) is 0.804. The van der Waals surface area contributed by atoms with Crippen LogP contribution in [0.25, 0.3) is 0 Å². The first-order valence-electron chi connectivity index (χ1n) is 8.97. The maximum atomic E-state index is 12.1. The molecule has 7 heteroatoms. The van der Waals surface area contributed by atoms with Crippen molar-refractivity contribution in [2.75, 3.05) is 19.7 Å². The van der Waals surface area contributed by atoms with Gasteiger partial charge in [0, 0.05) is 19.5 Å². The Kier molecular flexibility index (Phi) is 6.81. The summed E-state index contributed by atoms with van der Waals surface area (Å²) >= 11 is 5.17. The van der Waals surface area contributed by atoms with Crippen molar-refractivity contribution in [3.05, 3.63) is 17.7 Å². The van der Waals surface area contributed by atoms with Crippen LogP contribution in [0, 0.1) is 5.92 Å². The number of carbonyl (C=O) groups is 1. The second kappa shape index (κ2) is 8.65. The van der Waals surface area contributed by atoms with Crippen LogP contribution < -0.4 is 0 Å². The molecule has 1 saturated heterocycles. The third-order valence-corrected chi connectivity index (χ3v) is 4.52. The molecule has 1 N–H and O–H groups in total. The number of H-pyrrole nitrogens is 1. The average Bonchev–Trinajstić information content (AvgIpc) is 3.01. The van der Waals surface area contributed by atoms with Crippen LogP contribution in [0.5, 0.6) is 0 Å². The number of aromatic nitrogens is 2. The van der Waals surface area contributed by atoms with Crippen molar-refractivity contribution in [3.63, 3.8) is 0 Å². The first-order valence-corrected chi connectivity index (χ1v) is 9.38. The molecule has 0 aliphatic carbocycles. The van der Waals surface area contributed by atoms with Gasteiger partial charge in [-0.25, -0.2) is 9.78 Å². The molecule has 0 saturated carbocycles. The molecule has 1 fully saturated rings. The zero-order valence-electron chi connectivity index (χ0n) is 15.6. The first-order chi connectivity index (χ1) is 11.8. The second-order valence-electron chi connectivity index (χ2n) is 7.41. The summed E-state index contributed by atoms with van der Waals surface area (Å²) in [5, 5.41) is 0.465. The second-order valence-corrected chi connectivity index (χ2v) is 7.78. The van der Waals surface area contributed by atoms with Crippen LogP contribution in [-0.2, 0) is 15.9 Å². The van der Waals surface area contributed by atoms with E-state index in [1.807, 2.05) is 32.6 Å². The summed E-state index contributed by atoms with van der Waals surface area (Å²) in [6.45, 7) is 9.68. The molecule has 0 aromatic carbocycles. The highest BCUT2D eigenvalue weighted by atomic mass is 32.1. The molecule has 1 aromatic rings. The van der Waals surface area contributed by atoms with Gasteiger partial charge in [-0.3, -0.25) is 0 Å². The Bertz CT molecular complexity index is 587. The number of nitrogens with one attached hydrogen (secondary N) is 1. The first kappa shape index (κ1) is 19.7. The molecular weight excluding hydrogens is 338 g/mol. The minimum absolute atomic E-state index is 0.203. The molecule has 2 rings (SSSR count). The number of hydrogen-bond acceptors (Lipinski definition) is 5. The van der Waals surface area contributed by atoms with Gasteiger partial charge in [0.1, 0.15) is 17.1 Å². The Morgan fingerprint density at radius 3 is 2.68 bits per heavy atom. The van der Waals surface area contributed by atoms with Gasteiger partial charge in [0.25, 0.3) is 0 Å². The molecule has 0 spiro atoms. The predicted molar refractivity (Wildman–Crippen MR) is 101 cm³/mol. The summed E-state index contributed by atoms with van der Waals surface area (Å²) in [4.78, 5) is 21.5. The third-order valence-electron chi connectivity index (χ3n) is 4.18. The van der Waals surface area contributed by atoms with Gasteiger partial charge >= 0.3 is 6.09 Å². The fourth-order valence-corrected chi connectivity index (χ4v) is 3.10. The van der Waals surface area contributed by atoms with Crippen molar-refractivity contribution in [3.8, 4) is 0 Å². The van der Waals surface area contributed by atoms with Crippen molar-refractivity contribution in [1.82, 2.24) is 14.9 Å². The van der Waals surface area contributed by atoms with Crippen molar-refractivity contribution in [2.45, 2.75) is 59.0 Å². The maximum Gasteiger partial charge on any atom is 0.410 e. The van der Waals surface area contributed by atoms with Gasteiger partial charge in [0.15, 0.2) is 0 Å². The number of piperidine rings is 1. The molecule has 0 unspecified atom stereocenters. The fourth-order valence-electron chi connectivity index (χ4n) is 2.87. The van der Waals surface area contributed by atoms with Crippen LogP contribution in [0.3, 0.4) is 0 Å². The summed E-state index contributed by atoms with van der Waals surface area (Å²) in [7, 11) is 0. The summed E-state index contributed by atoms with van der Waals surface area (Å²) in [5.74, 6) is 1.54. The molecule has 25 heavy (non-hydrogen) atoms. The monoisotopic (exact) mass is 367 g/mol. The van der Waals surface area contributed by atoms with E-state index in [9.17, 15) is 4.79 Å². The number of ether oxygens (including phenoxy) is 2. The van der Waals surface area contributed by atoms with E-state index in [0.717, 1.165) is 50.3 Å². The van der Waals surface area contributed by atoms with E-state index in [2.05, 4.69) is 9.97 Å². The number of aromatic amines is 1. The highest BCUT2D eigenvalue weighted by Gasteiger charge is 2.26. The Morgan fingerprint density at radius 2 is 2.08 bits per heavy atom. The van der Waals surface area contributed by atoms with Gasteiger partial charge in [0.2, 0.25) is 5.05 Å². The number of carbonyl (C=O) groups excluding carboxylic acids is 1. The number of aryl methyl sites for hydroxylation is 1. The van der Waals surface area contributed by atoms with E-state index in [1.165, 1.54) is 0 Å². The molecule has 1 aliphatic rings. The lowest BCUT2D eigenvalue weighted by Crippen LogP contribution is -2.41. The number of nitrogens with zero attached hydrogens (tertiary/aromatic N) is 2. The number of thiocarbonyl (C=S) groups is 1. The molecular formula is C18H29N3O3S. The molecule has 0 atom stereocenters. The number of amides is 1. The number of imidazole rings is 1. The lowest BCUT2D eigenvalue weighted by atomic mass is 9.92. The van der Waals surface area contributed by atoms with Crippen LogP contribution in [0.4, 0.5) is 4.79 Å². The zero-order chi connectivity index (χ0) is 18.4. The number of rotatable bonds is 5. The van der Waals surface area contributed by atoms with E-state index < -0.39 is 5.60 Å². The molecule has 6 nitrogen and oxygen atoms in total. The highest BCUT2D eigenvalue weighted by Crippen LogP contribution is 2.23. The summed E-state index contributed by atoms with van der Waals surface area (Å²) in [6.07, 6.45) is 5.47. The lowest BCUT2D eigenvalue weighted by Gasteiger charge is -2.33. The Hall–Kier alpha value is -1.63. The van der Waals surface area contributed by atoms with Crippen molar-refractivity contribution < 1.29 is 14.3 Å². The lowest BCUT2D eigenvalue weighted by molar-refractivity contribution is 0.0181. The molecule has 0 bridgehead atoms. The van der Waals surface area contributed by atoms with Gasteiger partial charge in [-0.15, -0.1) is 0 Å².